The molecule has 1 aromatic heterocycles. The number of H-pyrrole nitrogens is 1. The Kier molecular flexibility index (Phi) is 5.68. The summed E-state index contributed by atoms with van der Waals surface area (Å²) in [7, 11) is 0. The maximum absolute atomic E-state index is 13.1. The van der Waals surface area contributed by atoms with Crippen molar-refractivity contribution in [3.05, 3.63) is 67.8 Å². The standard InChI is InChI=1S/C21H18Cl3N3O3/c1-10-7-16(29)12(9-14(10)23)18-17-19(26-25-18)21(30)27(5-2-6-28)20(17)11-3-4-13(22)15(24)8-11/h3-4,7-9,20,28-29H,2,5-6H2,1H3,(H,25,26)/t20-/m0/s1. The molecule has 30 heavy (non-hydrogen) atoms. The van der Waals surface area contributed by atoms with Crippen LogP contribution < -0.4 is 0 Å². The van der Waals surface area contributed by atoms with E-state index in [1.807, 2.05) is 0 Å². The number of hydrogen-bond donors (Lipinski definition) is 3. The van der Waals surface area contributed by atoms with Gasteiger partial charge in [-0.25, -0.2) is 0 Å². The molecule has 0 radical (unpaired) electrons. The topological polar surface area (TPSA) is 89.5 Å². The van der Waals surface area contributed by atoms with Gasteiger partial charge in [0.05, 0.1) is 16.1 Å². The quantitative estimate of drug-likeness (QED) is 0.495. The van der Waals surface area contributed by atoms with Crippen molar-refractivity contribution in [2.24, 2.45) is 0 Å². The first-order valence-electron chi connectivity index (χ1n) is 9.28. The van der Waals surface area contributed by atoms with Crippen molar-refractivity contribution in [3.63, 3.8) is 0 Å². The zero-order valence-corrected chi connectivity index (χ0v) is 18.2. The molecule has 1 aliphatic rings. The van der Waals surface area contributed by atoms with E-state index < -0.39 is 6.04 Å². The molecule has 4 rings (SSSR count). The number of carbonyl (C=O) groups is 1. The first kappa shape index (κ1) is 21.0. The molecule has 0 spiro atoms. The predicted molar refractivity (Wildman–Crippen MR) is 116 cm³/mol. The molecule has 0 unspecified atom stereocenters. The number of nitrogens with one attached hydrogen (secondary N) is 1. The number of aromatic amines is 1. The van der Waals surface area contributed by atoms with Gasteiger partial charge in [-0.15, -0.1) is 0 Å². The lowest BCUT2D eigenvalue weighted by atomic mass is 9.95. The first-order valence-corrected chi connectivity index (χ1v) is 10.4. The summed E-state index contributed by atoms with van der Waals surface area (Å²) in [6.45, 7) is 2.08. The van der Waals surface area contributed by atoms with Gasteiger partial charge in [-0.05, 0) is 48.7 Å². The molecule has 2 heterocycles. The van der Waals surface area contributed by atoms with Gasteiger partial charge in [-0.2, -0.15) is 5.10 Å². The molecule has 0 saturated carbocycles. The Morgan fingerprint density at radius 3 is 2.60 bits per heavy atom. The third-order valence-electron chi connectivity index (χ3n) is 5.21. The van der Waals surface area contributed by atoms with E-state index in [4.69, 9.17) is 34.8 Å². The highest BCUT2D eigenvalue weighted by molar-refractivity contribution is 6.42. The zero-order valence-electron chi connectivity index (χ0n) is 15.9. The van der Waals surface area contributed by atoms with Gasteiger partial charge in [0.15, 0.2) is 0 Å². The minimum Gasteiger partial charge on any atom is -0.507 e. The third-order valence-corrected chi connectivity index (χ3v) is 6.36. The fourth-order valence-electron chi connectivity index (χ4n) is 3.76. The SMILES string of the molecule is Cc1cc(O)c(-c2n[nH]c3c2[C@H](c2ccc(Cl)c(Cl)c2)N(CCCO)C3=O)cc1Cl. The van der Waals surface area contributed by atoms with Gasteiger partial charge in [0.2, 0.25) is 0 Å². The second-order valence-electron chi connectivity index (χ2n) is 7.13. The molecule has 0 bridgehead atoms. The number of nitrogens with zero attached hydrogens (tertiary/aromatic N) is 2. The minimum atomic E-state index is -0.512. The van der Waals surface area contributed by atoms with Gasteiger partial charge in [-0.1, -0.05) is 40.9 Å². The largest absolute Gasteiger partial charge is 0.507 e. The predicted octanol–water partition coefficient (Wildman–Crippen LogP) is 4.98. The summed E-state index contributed by atoms with van der Waals surface area (Å²) in [5, 5.41) is 28.2. The van der Waals surface area contributed by atoms with Crippen LogP contribution in [0.25, 0.3) is 11.3 Å². The molecule has 156 valence electrons. The summed E-state index contributed by atoms with van der Waals surface area (Å²) in [6, 6.07) is 7.87. The lowest BCUT2D eigenvalue weighted by molar-refractivity contribution is 0.0732. The second kappa shape index (κ2) is 8.12. The van der Waals surface area contributed by atoms with Crippen LogP contribution in [0.15, 0.2) is 30.3 Å². The number of fused-ring (bicyclic) bond motifs is 1. The van der Waals surface area contributed by atoms with Crippen LogP contribution in [0.4, 0.5) is 0 Å². The molecule has 1 amide bonds. The molecule has 1 atom stereocenters. The Morgan fingerprint density at radius 2 is 1.90 bits per heavy atom. The summed E-state index contributed by atoms with van der Waals surface area (Å²) in [5.74, 6) is -0.230. The molecule has 0 fully saturated rings. The van der Waals surface area contributed by atoms with Crippen molar-refractivity contribution < 1.29 is 15.0 Å². The average molecular weight is 467 g/mol. The van der Waals surface area contributed by atoms with Crippen molar-refractivity contribution >= 4 is 40.7 Å². The molecule has 9 heteroatoms. The maximum atomic E-state index is 13.1. The fourth-order valence-corrected chi connectivity index (χ4v) is 4.23. The number of rotatable bonds is 5. The van der Waals surface area contributed by atoms with Crippen LogP contribution in [0.2, 0.25) is 15.1 Å². The van der Waals surface area contributed by atoms with Gasteiger partial charge in [0, 0.05) is 29.3 Å². The molecule has 2 aromatic carbocycles. The van der Waals surface area contributed by atoms with Crippen molar-refractivity contribution in [1.82, 2.24) is 15.1 Å². The highest BCUT2D eigenvalue weighted by atomic mass is 35.5. The molecular weight excluding hydrogens is 449 g/mol. The Bertz CT molecular complexity index is 1150. The Balaban J connectivity index is 1.91. The van der Waals surface area contributed by atoms with E-state index in [1.165, 1.54) is 0 Å². The van der Waals surface area contributed by atoms with Crippen LogP contribution in [0, 0.1) is 6.92 Å². The lowest BCUT2D eigenvalue weighted by Gasteiger charge is -2.26. The van der Waals surface area contributed by atoms with E-state index in [0.717, 1.165) is 11.1 Å². The average Bonchev–Trinajstić information content (AvgIpc) is 3.24. The Hall–Kier alpha value is -2.25. The van der Waals surface area contributed by atoms with Crippen molar-refractivity contribution in [1.29, 1.82) is 0 Å². The van der Waals surface area contributed by atoms with Crippen LogP contribution >= 0.6 is 34.8 Å². The van der Waals surface area contributed by atoms with Gasteiger partial charge in [0.25, 0.3) is 5.91 Å². The number of hydrogen-bond acceptors (Lipinski definition) is 4. The highest BCUT2D eigenvalue weighted by Crippen LogP contribution is 2.46. The third kappa shape index (κ3) is 3.44. The number of aromatic hydroxyl groups is 1. The van der Waals surface area contributed by atoms with Crippen molar-refractivity contribution in [2.45, 2.75) is 19.4 Å². The number of aryl methyl sites for hydroxylation is 1. The molecule has 1 aliphatic heterocycles. The van der Waals surface area contributed by atoms with Crippen molar-refractivity contribution in [2.75, 3.05) is 13.2 Å². The van der Waals surface area contributed by atoms with Crippen LogP contribution in [-0.2, 0) is 0 Å². The summed E-state index contributed by atoms with van der Waals surface area (Å²) in [6.07, 6.45) is 0.415. The zero-order chi connectivity index (χ0) is 21.6. The monoisotopic (exact) mass is 465 g/mol. The summed E-state index contributed by atoms with van der Waals surface area (Å²) < 4.78 is 0. The number of amides is 1. The Labute approximate surface area is 188 Å². The number of carbonyl (C=O) groups excluding carboxylic acids is 1. The van der Waals surface area contributed by atoms with E-state index in [2.05, 4.69) is 10.2 Å². The number of phenols is 1. The van der Waals surface area contributed by atoms with Gasteiger partial charge < -0.3 is 15.1 Å². The lowest BCUT2D eigenvalue weighted by Crippen LogP contribution is -2.31. The molecule has 3 aromatic rings. The van der Waals surface area contributed by atoms with Crippen molar-refractivity contribution in [3.8, 4) is 17.0 Å². The van der Waals surface area contributed by atoms with E-state index >= 15 is 0 Å². The van der Waals surface area contributed by atoms with Crippen LogP contribution in [0.1, 0.15) is 39.6 Å². The van der Waals surface area contributed by atoms with E-state index in [0.29, 0.717) is 50.5 Å². The van der Waals surface area contributed by atoms with E-state index in [1.54, 1.807) is 42.2 Å². The maximum Gasteiger partial charge on any atom is 0.273 e. The minimum absolute atomic E-state index is 0.0142. The van der Waals surface area contributed by atoms with E-state index in [9.17, 15) is 15.0 Å². The van der Waals surface area contributed by atoms with Crippen LogP contribution in [-0.4, -0.2) is 44.4 Å². The van der Waals surface area contributed by atoms with Gasteiger partial charge in [0.1, 0.15) is 17.1 Å². The summed E-state index contributed by atoms with van der Waals surface area (Å²) in [4.78, 5) is 14.8. The molecule has 6 nitrogen and oxygen atoms in total. The first-order chi connectivity index (χ1) is 14.3. The van der Waals surface area contributed by atoms with Crippen LogP contribution in [0.3, 0.4) is 0 Å². The van der Waals surface area contributed by atoms with Gasteiger partial charge >= 0.3 is 0 Å². The summed E-state index contributed by atoms with van der Waals surface area (Å²) in [5.41, 5.74) is 3.27. The number of aliphatic hydroxyl groups is 1. The number of benzene rings is 2. The molecule has 0 saturated heterocycles. The normalized spacial score (nSPS) is 15.7. The number of halogens is 3. The van der Waals surface area contributed by atoms with E-state index in [-0.39, 0.29) is 18.3 Å². The number of phenolic OH excluding ortho intramolecular Hbond substituents is 1. The molecular formula is C21H18Cl3N3O3. The second-order valence-corrected chi connectivity index (χ2v) is 8.35. The smallest absolute Gasteiger partial charge is 0.273 e. The summed E-state index contributed by atoms with van der Waals surface area (Å²) >= 11 is 18.6. The Morgan fingerprint density at radius 1 is 1.13 bits per heavy atom. The number of aliphatic hydroxyl groups excluding tert-OH is 1. The van der Waals surface area contributed by atoms with Gasteiger partial charge in [-0.3, -0.25) is 9.89 Å². The fraction of sp³-hybridized carbons (Fsp3) is 0.238. The molecule has 0 aliphatic carbocycles. The highest BCUT2D eigenvalue weighted by Gasteiger charge is 2.42. The van der Waals surface area contributed by atoms with Crippen LogP contribution in [0.5, 0.6) is 5.75 Å². The molecule has 3 N–H and O–H groups in total. The number of aromatic nitrogens is 2.